The van der Waals surface area contributed by atoms with Crippen molar-refractivity contribution in [3.05, 3.63) is 71.3 Å². The number of benzene rings is 2. The predicted molar refractivity (Wildman–Crippen MR) is 96.7 cm³/mol. The van der Waals surface area contributed by atoms with E-state index in [-0.39, 0.29) is 0 Å². The maximum Gasteiger partial charge on any atom is 0.0900 e. The van der Waals surface area contributed by atoms with Crippen LogP contribution in [0.1, 0.15) is 29.5 Å². The maximum absolute atomic E-state index is 10.3. The first-order chi connectivity index (χ1) is 11.7. The van der Waals surface area contributed by atoms with Gasteiger partial charge in [-0.15, -0.1) is 0 Å². The van der Waals surface area contributed by atoms with E-state index in [4.69, 9.17) is 4.74 Å². The molecular weight excluding hydrogens is 298 g/mol. The molecule has 3 heteroatoms. The van der Waals surface area contributed by atoms with Gasteiger partial charge >= 0.3 is 0 Å². The Balaban J connectivity index is 1.45. The summed E-state index contributed by atoms with van der Waals surface area (Å²) in [5, 5.41) is 10.3. The average molecular weight is 325 g/mol. The van der Waals surface area contributed by atoms with Crippen molar-refractivity contribution >= 4 is 0 Å². The van der Waals surface area contributed by atoms with Crippen LogP contribution in [0.15, 0.2) is 54.6 Å². The fourth-order valence-electron chi connectivity index (χ4n) is 2.92. The first kappa shape index (κ1) is 17.2. The third-order valence-corrected chi connectivity index (χ3v) is 4.44. The molecule has 1 N–H and O–H groups in total. The van der Waals surface area contributed by atoms with Crippen molar-refractivity contribution in [1.29, 1.82) is 0 Å². The van der Waals surface area contributed by atoms with Crippen LogP contribution in [0.25, 0.3) is 0 Å². The highest BCUT2D eigenvalue weighted by Gasteiger charge is 2.30. The highest BCUT2D eigenvalue weighted by molar-refractivity contribution is 5.21. The van der Waals surface area contributed by atoms with Crippen LogP contribution in [0.4, 0.5) is 0 Å². The molecular formula is C21H27NO2. The van der Waals surface area contributed by atoms with Crippen molar-refractivity contribution in [2.45, 2.75) is 45.1 Å². The summed E-state index contributed by atoms with van der Waals surface area (Å²) in [7, 11) is 0. The van der Waals surface area contributed by atoms with Gasteiger partial charge in [0.1, 0.15) is 0 Å². The zero-order valence-electron chi connectivity index (χ0n) is 14.4. The molecule has 1 aliphatic rings. The van der Waals surface area contributed by atoms with E-state index in [1.165, 1.54) is 24.0 Å². The zero-order valence-corrected chi connectivity index (χ0v) is 14.4. The second-order valence-electron chi connectivity index (χ2n) is 6.80. The van der Waals surface area contributed by atoms with Gasteiger partial charge in [-0.3, -0.25) is 4.90 Å². The zero-order chi connectivity index (χ0) is 16.8. The highest BCUT2D eigenvalue weighted by Crippen LogP contribution is 2.28. The number of ether oxygens (including phenoxy) is 1. The van der Waals surface area contributed by atoms with E-state index < -0.39 is 6.10 Å². The predicted octanol–water partition coefficient (Wildman–Crippen LogP) is 3.54. The highest BCUT2D eigenvalue weighted by atomic mass is 16.5. The number of aliphatic hydroxyl groups is 1. The molecule has 0 aromatic heterocycles. The molecule has 0 aliphatic heterocycles. The Bertz CT molecular complexity index is 607. The Morgan fingerprint density at radius 1 is 1.04 bits per heavy atom. The molecule has 3 nitrogen and oxygen atoms in total. The van der Waals surface area contributed by atoms with Crippen molar-refractivity contribution < 1.29 is 9.84 Å². The van der Waals surface area contributed by atoms with Gasteiger partial charge in [0.25, 0.3) is 0 Å². The first-order valence-electron chi connectivity index (χ1n) is 8.80. The van der Waals surface area contributed by atoms with Gasteiger partial charge in [-0.1, -0.05) is 60.2 Å². The minimum Gasteiger partial charge on any atom is -0.389 e. The summed E-state index contributed by atoms with van der Waals surface area (Å²) >= 11 is 0. The van der Waals surface area contributed by atoms with Crippen LogP contribution in [-0.4, -0.2) is 35.3 Å². The lowest BCUT2D eigenvalue weighted by Gasteiger charge is -2.25. The van der Waals surface area contributed by atoms with Crippen LogP contribution < -0.4 is 0 Å². The molecule has 0 heterocycles. The smallest absolute Gasteiger partial charge is 0.0900 e. The van der Waals surface area contributed by atoms with Crippen LogP contribution in [0.3, 0.4) is 0 Å². The van der Waals surface area contributed by atoms with Gasteiger partial charge in [-0.2, -0.15) is 0 Å². The summed E-state index contributed by atoms with van der Waals surface area (Å²) in [6, 6.07) is 19.4. The van der Waals surface area contributed by atoms with Crippen molar-refractivity contribution in [3.63, 3.8) is 0 Å². The van der Waals surface area contributed by atoms with E-state index in [0.717, 1.165) is 12.1 Å². The van der Waals surface area contributed by atoms with Gasteiger partial charge in [0.05, 0.1) is 19.3 Å². The van der Waals surface area contributed by atoms with Crippen molar-refractivity contribution in [2.24, 2.45) is 0 Å². The number of hydrogen-bond acceptors (Lipinski definition) is 3. The molecule has 1 aliphatic carbocycles. The van der Waals surface area contributed by atoms with E-state index in [2.05, 4.69) is 36.1 Å². The van der Waals surface area contributed by atoms with Crippen molar-refractivity contribution in [3.8, 4) is 0 Å². The third-order valence-electron chi connectivity index (χ3n) is 4.44. The normalized spacial score (nSPS) is 15.6. The third kappa shape index (κ3) is 5.45. The van der Waals surface area contributed by atoms with Crippen LogP contribution in [0, 0.1) is 6.92 Å². The maximum atomic E-state index is 10.3. The van der Waals surface area contributed by atoms with E-state index in [1.54, 1.807) is 0 Å². The minimum absolute atomic E-state index is 0.381. The first-order valence-corrected chi connectivity index (χ1v) is 8.80. The van der Waals surface area contributed by atoms with Gasteiger partial charge < -0.3 is 9.84 Å². The Hall–Kier alpha value is -1.68. The molecule has 1 saturated carbocycles. The minimum atomic E-state index is -0.445. The Labute approximate surface area is 144 Å². The number of rotatable bonds is 9. The van der Waals surface area contributed by atoms with E-state index in [0.29, 0.717) is 25.8 Å². The van der Waals surface area contributed by atoms with E-state index in [9.17, 15) is 5.11 Å². The molecule has 0 amide bonds. The second kappa shape index (κ2) is 8.43. The SMILES string of the molecule is Cc1ccc(CN(CC(O)COCc2ccccc2)C2CC2)cc1. The molecule has 0 saturated heterocycles. The average Bonchev–Trinajstić information content (AvgIpc) is 3.42. The van der Waals surface area contributed by atoms with Gasteiger partial charge in [-0.05, 0) is 30.9 Å². The molecule has 24 heavy (non-hydrogen) atoms. The van der Waals surface area contributed by atoms with E-state index >= 15 is 0 Å². The fraction of sp³-hybridized carbons (Fsp3) is 0.429. The molecule has 0 spiro atoms. The molecule has 0 radical (unpaired) electrons. The fourth-order valence-corrected chi connectivity index (χ4v) is 2.92. The van der Waals surface area contributed by atoms with E-state index in [1.807, 2.05) is 30.3 Å². The summed E-state index contributed by atoms with van der Waals surface area (Å²) in [6.07, 6.45) is 2.03. The molecule has 128 valence electrons. The van der Waals surface area contributed by atoms with Crippen LogP contribution in [0.2, 0.25) is 0 Å². The van der Waals surface area contributed by atoms with Gasteiger partial charge in [0.15, 0.2) is 0 Å². The molecule has 2 aromatic carbocycles. The largest absolute Gasteiger partial charge is 0.389 e. The number of aryl methyl sites for hydroxylation is 1. The van der Waals surface area contributed by atoms with Crippen LogP contribution in [-0.2, 0) is 17.9 Å². The Morgan fingerprint density at radius 2 is 1.75 bits per heavy atom. The summed E-state index contributed by atoms with van der Waals surface area (Å²) in [5.41, 5.74) is 3.74. The van der Waals surface area contributed by atoms with Gasteiger partial charge in [0.2, 0.25) is 0 Å². The summed E-state index contributed by atoms with van der Waals surface area (Å²) in [5.74, 6) is 0. The lowest BCUT2D eigenvalue weighted by Crippen LogP contribution is -2.36. The Kier molecular flexibility index (Phi) is 6.02. The molecule has 1 unspecified atom stereocenters. The lowest BCUT2D eigenvalue weighted by atomic mass is 10.1. The number of aliphatic hydroxyl groups excluding tert-OH is 1. The van der Waals surface area contributed by atoms with Crippen LogP contribution >= 0.6 is 0 Å². The summed E-state index contributed by atoms with van der Waals surface area (Å²) in [4.78, 5) is 2.39. The summed E-state index contributed by atoms with van der Waals surface area (Å²) in [6.45, 7) is 4.62. The standard InChI is InChI=1S/C21H27NO2/c1-17-7-9-18(10-8-17)13-22(20-11-12-20)14-21(23)16-24-15-19-5-3-2-4-6-19/h2-10,20-21,23H,11-16H2,1H3. The lowest BCUT2D eigenvalue weighted by molar-refractivity contribution is 0.00705. The molecule has 0 bridgehead atoms. The second-order valence-corrected chi connectivity index (χ2v) is 6.80. The Morgan fingerprint density at radius 3 is 2.42 bits per heavy atom. The quantitative estimate of drug-likeness (QED) is 0.765. The van der Waals surface area contributed by atoms with Crippen molar-refractivity contribution in [1.82, 2.24) is 4.90 Å². The van der Waals surface area contributed by atoms with Gasteiger partial charge in [0, 0.05) is 19.1 Å². The van der Waals surface area contributed by atoms with Crippen LogP contribution in [0.5, 0.6) is 0 Å². The molecule has 1 fully saturated rings. The molecule has 2 aromatic rings. The summed E-state index contributed by atoms with van der Waals surface area (Å²) < 4.78 is 5.67. The molecule has 3 rings (SSSR count). The number of nitrogens with zero attached hydrogens (tertiary/aromatic N) is 1. The number of hydrogen-bond donors (Lipinski definition) is 1. The monoisotopic (exact) mass is 325 g/mol. The van der Waals surface area contributed by atoms with Crippen molar-refractivity contribution in [2.75, 3.05) is 13.2 Å². The molecule has 1 atom stereocenters. The van der Waals surface area contributed by atoms with Gasteiger partial charge in [-0.25, -0.2) is 0 Å². The topological polar surface area (TPSA) is 32.7 Å².